The Morgan fingerprint density at radius 3 is 2.38 bits per heavy atom. The Kier molecular flexibility index (Phi) is 3.57. The molecule has 0 aliphatic heterocycles. The normalized spacial score (nSPS) is 10.7. The van der Waals surface area contributed by atoms with E-state index >= 15 is 0 Å². The Morgan fingerprint density at radius 2 is 1.79 bits per heavy atom. The summed E-state index contributed by atoms with van der Waals surface area (Å²) < 4.78 is 10.6. The molecule has 24 heavy (non-hydrogen) atoms. The maximum atomic E-state index is 12.3. The van der Waals surface area contributed by atoms with Gasteiger partial charge in [-0.15, -0.1) is 0 Å². The van der Waals surface area contributed by atoms with Crippen LogP contribution >= 0.6 is 0 Å². The van der Waals surface area contributed by atoms with Gasteiger partial charge in [-0.25, -0.2) is 0 Å². The average molecular weight is 329 g/mol. The van der Waals surface area contributed by atoms with Crippen LogP contribution in [0.25, 0.3) is 22.3 Å². The number of benzene rings is 2. The van der Waals surface area contributed by atoms with Crippen LogP contribution in [0.5, 0.6) is 17.2 Å². The first-order valence-electron chi connectivity index (χ1n) is 6.74. The average Bonchev–Trinajstić information content (AvgIpc) is 2.54. The van der Waals surface area contributed by atoms with Crippen molar-refractivity contribution in [3.63, 3.8) is 0 Å². The Morgan fingerprint density at radius 1 is 1.12 bits per heavy atom. The molecule has 0 unspecified atom stereocenters. The second kappa shape index (κ2) is 5.58. The molecule has 122 valence electrons. The van der Waals surface area contributed by atoms with E-state index in [9.17, 15) is 25.1 Å². The number of nitro groups is 1. The molecule has 0 spiro atoms. The van der Waals surface area contributed by atoms with Crippen LogP contribution in [0.2, 0.25) is 0 Å². The fourth-order valence-electron chi connectivity index (χ4n) is 2.37. The molecular formula is C16H11NO7. The number of nitrogens with zero attached hydrogens (tertiary/aromatic N) is 1. The number of phenols is 2. The van der Waals surface area contributed by atoms with Crippen molar-refractivity contribution in [2.45, 2.75) is 0 Å². The summed E-state index contributed by atoms with van der Waals surface area (Å²) in [7, 11) is 1.28. The van der Waals surface area contributed by atoms with Crippen molar-refractivity contribution in [1.29, 1.82) is 0 Å². The van der Waals surface area contributed by atoms with Crippen molar-refractivity contribution in [1.82, 2.24) is 0 Å². The van der Waals surface area contributed by atoms with E-state index in [1.165, 1.54) is 31.4 Å². The van der Waals surface area contributed by atoms with Gasteiger partial charge in [0.05, 0.1) is 12.0 Å². The Bertz CT molecular complexity index is 1010. The number of phenolic OH excluding ortho intramolecular Hbond substituents is 2. The first-order chi connectivity index (χ1) is 11.4. The lowest BCUT2D eigenvalue weighted by atomic mass is 10.1. The largest absolute Gasteiger partial charge is 0.507 e. The Balaban J connectivity index is 2.27. The van der Waals surface area contributed by atoms with E-state index < -0.39 is 16.1 Å². The van der Waals surface area contributed by atoms with Gasteiger partial charge >= 0.3 is 0 Å². The van der Waals surface area contributed by atoms with E-state index in [4.69, 9.17) is 9.15 Å². The van der Waals surface area contributed by atoms with Crippen molar-refractivity contribution >= 4 is 16.7 Å². The third-order valence-electron chi connectivity index (χ3n) is 3.48. The minimum absolute atomic E-state index is 0.0938. The molecule has 8 heteroatoms. The summed E-state index contributed by atoms with van der Waals surface area (Å²) >= 11 is 0. The minimum atomic E-state index is -0.542. The summed E-state index contributed by atoms with van der Waals surface area (Å²) in [6, 6.07) is 7.55. The highest BCUT2D eigenvalue weighted by Crippen LogP contribution is 2.40. The van der Waals surface area contributed by atoms with Crippen LogP contribution in [0.1, 0.15) is 0 Å². The Hall–Kier alpha value is -3.55. The first-order valence-corrected chi connectivity index (χ1v) is 6.74. The summed E-state index contributed by atoms with van der Waals surface area (Å²) in [6.45, 7) is 0. The van der Waals surface area contributed by atoms with Gasteiger partial charge in [0, 0.05) is 29.8 Å². The van der Waals surface area contributed by atoms with Gasteiger partial charge in [-0.1, -0.05) is 0 Å². The van der Waals surface area contributed by atoms with Crippen LogP contribution in [0.15, 0.2) is 45.6 Å². The molecule has 0 aliphatic rings. The van der Waals surface area contributed by atoms with Crippen molar-refractivity contribution in [2.24, 2.45) is 0 Å². The standard InChI is InChI=1S/C16H11NO7/c1-23-15-12(20)6-10(18)14-11(19)7-13(24-16(14)15)8-2-4-9(5-3-8)17(21)22/h2-7,18,20H,1H3. The lowest BCUT2D eigenvalue weighted by Crippen LogP contribution is -2.02. The van der Waals surface area contributed by atoms with Crippen LogP contribution in [0.3, 0.4) is 0 Å². The van der Waals surface area contributed by atoms with Gasteiger partial charge < -0.3 is 19.4 Å². The number of ether oxygens (including phenoxy) is 1. The van der Waals surface area contributed by atoms with Crippen molar-refractivity contribution in [3.8, 4) is 28.6 Å². The van der Waals surface area contributed by atoms with Crippen LogP contribution in [-0.4, -0.2) is 22.2 Å². The van der Waals surface area contributed by atoms with Crippen LogP contribution < -0.4 is 10.2 Å². The summed E-state index contributed by atoms with van der Waals surface area (Å²) in [5.41, 5.74) is -0.338. The fourth-order valence-corrected chi connectivity index (χ4v) is 2.37. The zero-order chi connectivity index (χ0) is 17.4. The Labute approximate surface area is 134 Å². The number of hydrogen-bond acceptors (Lipinski definition) is 7. The molecule has 0 amide bonds. The topological polar surface area (TPSA) is 123 Å². The molecule has 3 rings (SSSR count). The molecule has 2 N–H and O–H groups in total. The maximum Gasteiger partial charge on any atom is 0.269 e. The molecule has 8 nitrogen and oxygen atoms in total. The lowest BCUT2D eigenvalue weighted by Gasteiger charge is -2.09. The summed E-state index contributed by atoms with van der Waals surface area (Å²) in [4.78, 5) is 22.4. The van der Waals surface area contributed by atoms with E-state index in [-0.39, 0.29) is 33.9 Å². The molecule has 0 fully saturated rings. The molecule has 0 atom stereocenters. The van der Waals surface area contributed by atoms with Gasteiger partial charge in [0.25, 0.3) is 5.69 Å². The quantitative estimate of drug-likeness (QED) is 0.559. The third kappa shape index (κ3) is 2.39. The number of fused-ring (bicyclic) bond motifs is 1. The summed E-state index contributed by atoms with van der Waals surface area (Å²) in [5.74, 6) is -0.798. The van der Waals surface area contributed by atoms with Gasteiger partial charge in [0.15, 0.2) is 16.8 Å². The van der Waals surface area contributed by atoms with E-state index in [0.29, 0.717) is 5.56 Å². The molecule has 0 radical (unpaired) electrons. The van der Waals surface area contributed by atoms with Crippen LogP contribution in [0, 0.1) is 10.1 Å². The zero-order valence-electron chi connectivity index (χ0n) is 12.3. The van der Waals surface area contributed by atoms with Gasteiger partial charge in [-0.05, 0) is 12.1 Å². The number of hydrogen-bond donors (Lipinski definition) is 2. The molecule has 0 bridgehead atoms. The molecule has 1 heterocycles. The highest BCUT2D eigenvalue weighted by atomic mass is 16.6. The third-order valence-corrected chi connectivity index (χ3v) is 3.48. The van der Waals surface area contributed by atoms with Crippen LogP contribution in [0.4, 0.5) is 5.69 Å². The molecule has 0 saturated heterocycles. The number of non-ortho nitro benzene ring substituents is 1. The molecule has 1 aromatic heterocycles. The second-order valence-corrected chi connectivity index (χ2v) is 4.93. The molecule has 3 aromatic rings. The zero-order valence-corrected chi connectivity index (χ0v) is 12.3. The highest BCUT2D eigenvalue weighted by Gasteiger charge is 2.19. The number of nitro benzene ring substituents is 1. The molecule has 0 aliphatic carbocycles. The summed E-state index contributed by atoms with van der Waals surface area (Å²) in [6.07, 6.45) is 0. The predicted octanol–water partition coefficient (Wildman–Crippen LogP) is 2.79. The van der Waals surface area contributed by atoms with E-state index in [1.54, 1.807) is 0 Å². The van der Waals surface area contributed by atoms with E-state index in [2.05, 4.69) is 0 Å². The van der Waals surface area contributed by atoms with Crippen molar-refractivity contribution in [2.75, 3.05) is 7.11 Å². The van der Waals surface area contributed by atoms with Gasteiger partial charge in [-0.2, -0.15) is 0 Å². The predicted molar refractivity (Wildman–Crippen MR) is 84.5 cm³/mol. The first kappa shape index (κ1) is 15.3. The molecule has 2 aromatic carbocycles. The minimum Gasteiger partial charge on any atom is -0.507 e. The number of aromatic hydroxyl groups is 2. The van der Waals surface area contributed by atoms with Crippen molar-refractivity contribution < 1.29 is 24.3 Å². The van der Waals surface area contributed by atoms with E-state index in [1.807, 2.05) is 0 Å². The second-order valence-electron chi connectivity index (χ2n) is 4.93. The van der Waals surface area contributed by atoms with Crippen molar-refractivity contribution in [3.05, 3.63) is 56.7 Å². The van der Waals surface area contributed by atoms with Crippen LogP contribution in [-0.2, 0) is 0 Å². The smallest absolute Gasteiger partial charge is 0.269 e. The maximum absolute atomic E-state index is 12.3. The van der Waals surface area contributed by atoms with Gasteiger partial charge in [-0.3, -0.25) is 14.9 Å². The highest BCUT2D eigenvalue weighted by molar-refractivity contribution is 5.91. The van der Waals surface area contributed by atoms with E-state index in [0.717, 1.165) is 12.1 Å². The summed E-state index contributed by atoms with van der Waals surface area (Å²) in [5, 5.41) is 30.2. The number of rotatable bonds is 3. The SMILES string of the molecule is COc1c(O)cc(O)c2c(=O)cc(-c3ccc([N+](=O)[O-])cc3)oc12. The molecular weight excluding hydrogens is 318 g/mol. The fraction of sp³-hybridized carbons (Fsp3) is 0.0625. The van der Waals surface area contributed by atoms with Gasteiger partial charge in [0.2, 0.25) is 5.75 Å². The molecule has 0 saturated carbocycles. The number of methoxy groups -OCH3 is 1. The lowest BCUT2D eigenvalue weighted by molar-refractivity contribution is -0.384. The van der Waals surface area contributed by atoms with Gasteiger partial charge in [0.1, 0.15) is 16.9 Å². The monoisotopic (exact) mass is 329 g/mol.